The number of hydrogen-bond donors (Lipinski definition) is 5. The molecule has 4 saturated carbocycles. The first-order valence-electron chi connectivity index (χ1n) is 13.1. The van der Waals surface area contributed by atoms with Crippen molar-refractivity contribution in [3.63, 3.8) is 0 Å². The Labute approximate surface area is 203 Å². The molecule has 0 spiro atoms. The van der Waals surface area contributed by atoms with Gasteiger partial charge in [-0.3, -0.25) is 9.35 Å². The molecule has 0 bridgehead atoms. The topological polar surface area (TPSA) is 144 Å². The second-order valence-corrected chi connectivity index (χ2v) is 13.7. The summed E-state index contributed by atoms with van der Waals surface area (Å²) in [5, 5.41) is 31.2. The second-order valence-electron chi connectivity index (χ2n) is 12.4. The van der Waals surface area contributed by atoms with E-state index in [2.05, 4.69) is 25.5 Å². The van der Waals surface area contributed by atoms with Crippen LogP contribution in [0.1, 0.15) is 78.6 Å². The Morgan fingerprint density at radius 1 is 1.03 bits per heavy atom. The number of carbonyl (C=O) groups is 1. The third-order valence-electron chi connectivity index (χ3n) is 11.0. The largest absolute Gasteiger partial charge is 0.481 e. The van der Waals surface area contributed by atoms with E-state index in [1.165, 1.54) is 0 Å². The zero-order valence-corrected chi connectivity index (χ0v) is 21.5. The summed E-state index contributed by atoms with van der Waals surface area (Å²) in [6.45, 7) is 6.76. The highest BCUT2D eigenvalue weighted by molar-refractivity contribution is 7.83. The van der Waals surface area contributed by atoms with E-state index in [0.717, 1.165) is 38.5 Å². The molecule has 0 heterocycles. The lowest BCUT2D eigenvalue weighted by Gasteiger charge is -2.64. The first-order chi connectivity index (χ1) is 15.8. The van der Waals surface area contributed by atoms with Crippen molar-refractivity contribution in [2.45, 2.75) is 90.8 Å². The molecule has 0 amide bonds. The number of nitrogens with one attached hydrogen (secondary N) is 1. The molecule has 0 aromatic heterocycles. The fraction of sp³-hybridized carbons (Fsp3) is 0.960. The van der Waals surface area contributed by atoms with Crippen LogP contribution in [0, 0.1) is 52.3 Å². The predicted molar refractivity (Wildman–Crippen MR) is 127 cm³/mol. The highest BCUT2D eigenvalue weighted by Gasteiger charge is 2.65. The molecule has 8 nitrogen and oxygen atoms in total. The molecule has 4 rings (SSSR count). The minimum Gasteiger partial charge on any atom is -0.481 e. The molecule has 0 aromatic rings. The summed E-state index contributed by atoms with van der Waals surface area (Å²) in [5.74, 6) is 0.276. The normalized spacial score (nSPS) is 47.4. The van der Waals surface area contributed by atoms with Gasteiger partial charge in [0.15, 0.2) is 0 Å². The Bertz CT molecular complexity index is 880. The van der Waals surface area contributed by atoms with Gasteiger partial charge in [-0.25, -0.2) is 0 Å². The SMILES string of the molecule is C[C@H](CCC(=O)O)[C@H]1CC[C@H]2C3C(CNS(=O)(=O)O)[C@H](O)C4C[C@H](O)CCC4(C)[C@H]3CCC12C. The van der Waals surface area contributed by atoms with Crippen LogP contribution < -0.4 is 4.72 Å². The van der Waals surface area contributed by atoms with Gasteiger partial charge in [-0.1, -0.05) is 20.8 Å². The van der Waals surface area contributed by atoms with Crippen molar-refractivity contribution >= 4 is 16.3 Å². The van der Waals surface area contributed by atoms with Gasteiger partial charge in [0, 0.05) is 18.9 Å². The summed E-state index contributed by atoms with van der Waals surface area (Å²) >= 11 is 0. The Morgan fingerprint density at radius 2 is 1.68 bits per heavy atom. The van der Waals surface area contributed by atoms with Gasteiger partial charge in [-0.15, -0.1) is 0 Å². The Morgan fingerprint density at radius 3 is 2.32 bits per heavy atom. The van der Waals surface area contributed by atoms with Crippen LogP contribution in [-0.2, 0) is 15.1 Å². The molecule has 4 aliphatic carbocycles. The third-order valence-corrected chi connectivity index (χ3v) is 11.5. The molecule has 0 saturated heterocycles. The molecular formula is C25H43NO7S. The van der Waals surface area contributed by atoms with Crippen LogP contribution in [-0.4, -0.2) is 53.0 Å². The number of rotatable bonds is 7. The lowest BCUT2D eigenvalue weighted by molar-refractivity contribution is -0.200. The Hall–Kier alpha value is -0.740. The van der Waals surface area contributed by atoms with Gasteiger partial charge in [0.05, 0.1) is 12.2 Å². The maximum absolute atomic E-state index is 11.6. The summed E-state index contributed by atoms with van der Waals surface area (Å²) in [6.07, 6.45) is 5.83. The number of carboxylic acids is 1. The number of aliphatic hydroxyl groups excluding tert-OH is 2. The van der Waals surface area contributed by atoms with Gasteiger partial charge in [0.25, 0.3) is 0 Å². The molecule has 11 atom stereocenters. The van der Waals surface area contributed by atoms with Crippen LogP contribution in [0.3, 0.4) is 0 Å². The average Bonchev–Trinajstić information content (AvgIpc) is 3.09. The predicted octanol–water partition coefficient (Wildman–Crippen LogP) is 3.10. The van der Waals surface area contributed by atoms with E-state index < -0.39 is 28.5 Å². The maximum atomic E-state index is 11.6. The van der Waals surface area contributed by atoms with Gasteiger partial charge in [-0.2, -0.15) is 13.1 Å². The standard InChI is InChI=1S/C25H43NO7S/c1-14(4-7-21(28)29)17-5-6-18-22-16(13-26-34(31,32)33)23(30)20-12-15(27)8-10-25(20,3)19(22)9-11-24(17,18)2/h14-20,22-23,26-27,30H,4-13H2,1-3H3,(H,28,29)(H,31,32,33)/t14-,15-,16?,17-,18+,19+,20?,22?,23+,24?,25?/m1/s1. The fourth-order valence-electron chi connectivity index (χ4n) is 9.41. The smallest absolute Gasteiger partial charge is 0.333 e. The van der Waals surface area contributed by atoms with Crippen LogP contribution in [0.4, 0.5) is 0 Å². The maximum Gasteiger partial charge on any atom is 0.333 e. The van der Waals surface area contributed by atoms with Crippen LogP contribution in [0.25, 0.3) is 0 Å². The molecule has 34 heavy (non-hydrogen) atoms. The van der Waals surface area contributed by atoms with E-state index in [1.807, 2.05) is 0 Å². The number of carboxylic acid groups (broad SMARTS) is 1. The molecule has 4 aliphatic rings. The minimum atomic E-state index is -4.38. The zero-order chi connectivity index (χ0) is 25.1. The van der Waals surface area contributed by atoms with E-state index >= 15 is 0 Å². The summed E-state index contributed by atoms with van der Waals surface area (Å²) in [7, 11) is -4.38. The Kier molecular flexibility index (Phi) is 7.19. The molecule has 0 aromatic carbocycles. The van der Waals surface area contributed by atoms with Crippen LogP contribution in [0.2, 0.25) is 0 Å². The van der Waals surface area contributed by atoms with E-state index in [9.17, 15) is 33.1 Å². The van der Waals surface area contributed by atoms with E-state index in [-0.39, 0.29) is 41.5 Å². The number of fused-ring (bicyclic) bond motifs is 5. The van der Waals surface area contributed by atoms with Crippen molar-refractivity contribution in [2.75, 3.05) is 6.54 Å². The lowest BCUT2D eigenvalue weighted by Crippen LogP contribution is -2.63. The fourth-order valence-corrected chi connectivity index (χ4v) is 9.81. The Balaban J connectivity index is 1.67. The molecule has 5 N–H and O–H groups in total. The zero-order valence-electron chi connectivity index (χ0n) is 20.7. The highest BCUT2D eigenvalue weighted by atomic mass is 32.2. The molecule has 4 fully saturated rings. The highest BCUT2D eigenvalue weighted by Crippen LogP contribution is 2.69. The van der Waals surface area contributed by atoms with E-state index in [4.69, 9.17) is 0 Å². The van der Waals surface area contributed by atoms with Crippen LogP contribution in [0.15, 0.2) is 0 Å². The molecular weight excluding hydrogens is 458 g/mol. The van der Waals surface area contributed by atoms with Crippen molar-refractivity contribution in [1.82, 2.24) is 4.72 Å². The van der Waals surface area contributed by atoms with Crippen molar-refractivity contribution in [2.24, 2.45) is 52.3 Å². The van der Waals surface area contributed by atoms with Crippen molar-refractivity contribution < 1.29 is 33.1 Å². The molecule has 0 aliphatic heterocycles. The second kappa shape index (κ2) is 9.29. The first-order valence-corrected chi connectivity index (χ1v) is 14.5. The first kappa shape index (κ1) is 26.3. The van der Waals surface area contributed by atoms with Gasteiger partial charge in [0.2, 0.25) is 0 Å². The van der Waals surface area contributed by atoms with Crippen LogP contribution in [0.5, 0.6) is 0 Å². The van der Waals surface area contributed by atoms with Crippen LogP contribution >= 0.6 is 0 Å². The van der Waals surface area contributed by atoms with E-state index in [0.29, 0.717) is 36.5 Å². The third kappa shape index (κ3) is 4.56. The van der Waals surface area contributed by atoms with Gasteiger partial charge >= 0.3 is 16.3 Å². The van der Waals surface area contributed by atoms with Crippen molar-refractivity contribution in [3.8, 4) is 0 Å². The molecule has 196 valence electrons. The number of aliphatic carboxylic acids is 1. The summed E-state index contributed by atoms with van der Waals surface area (Å²) in [4.78, 5) is 11.2. The minimum absolute atomic E-state index is 0.00431. The lowest BCUT2D eigenvalue weighted by atomic mass is 9.41. The van der Waals surface area contributed by atoms with Gasteiger partial charge in [0.1, 0.15) is 0 Å². The molecule has 5 unspecified atom stereocenters. The van der Waals surface area contributed by atoms with E-state index in [1.54, 1.807) is 0 Å². The quantitative estimate of drug-likeness (QED) is 0.337. The summed E-state index contributed by atoms with van der Waals surface area (Å²) in [5.41, 5.74) is -0.0846. The number of aliphatic hydroxyl groups is 2. The van der Waals surface area contributed by atoms with Crippen molar-refractivity contribution in [1.29, 1.82) is 0 Å². The summed E-state index contributed by atoms with van der Waals surface area (Å²) < 4.78 is 34.8. The number of hydrogen-bond acceptors (Lipinski definition) is 5. The van der Waals surface area contributed by atoms with Gasteiger partial charge in [-0.05, 0) is 97.7 Å². The average molecular weight is 502 g/mol. The van der Waals surface area contributed by atoms with Crippen molar-refractivity contribution in [3.05, 3.63) is 0 Å². The van der Waals surface area contributed by atoms with Gasteiger partial charge < -0.3 is 15.3 Å². The molecule has 0 radical (unpaired) electrons. The monoisotopic (exact) mass is 501 g/mol. The summed E-state index contributed by atoms with van der Waals surface area (Å²) in [6, 6.07) is 0. The molecule has 9 heteroatoms.